The molecule has 198 valence electrons. The number of anilines is 2. The highest BCUT2D eigenvalue weighted by molar-refractivity contribution is 5.96. The molecule has 3 atom stereocenters. The predicted molar refractivity (Wildman–Crippen MR) is 148 cm³/mol. The quantitative estimate of drug-likeness (QED) is 0.302. The summed E-state index contributed by atoms with van der Waals surface area (Å²) in [4.78, 5) is 16.7. The van der Waals surface area contributed by atoms with Crippen LogP contribution in [-0.2, 0) is 29.0 Å². The van der Waals surface area contributed by atoms with E-state index >= 15 is 0 Å². The summed E-state index contributed by atoms with van der Waals surface area (Å²) in [6.07, 6.45) is 7.02. The van der Waals surface area contributed by atoms with Crippen LogP contribution in [0.3, 0.4) is 0 Å². The van der Waals surface area contributed by atoms with Crippen molar-refractivity contribution < 1.29 is 14.3 Å². The number of esters is 1. The third kappa shape index (κ3) is 4.92. The fourth-order valence-corrected chi connectivity index (χ4v) is 5.95. The van der Waals surface area contributed by atoms with Crippen LogP contribution in [0.15, 0.2) is 60.8 Å². The van der Waals surface area contributed by atoms with E-state index in [2.05, 4.69) is 28.5 Å². The van der Waals surface area contributed by atoms with E-state index in [1.165, 1.54) is 12.7 Å². The average molecular weight is 522 g/mol. The molecule has 1 N–H and O–H groups in total. The lowest BCUT2D eigenvalue weighted by Crippen LogP contribution is -2.23. The number of aromatic nitrogens is 3. The highest BCUT2D eigenvalue weighted by atomic mass is 16.5. The van der Waals surface area contributed by atoms with E-state index in [1.54, 1.807) is 6.20 Å². The number of benzene rings is 2. The van der Waals surface area contributed by atoms with E-state index in [0.717, 1.165) is 53.4 Å². The second-order valence-electron chi connectivity index (χ2n) is 10.4. The Bertz CT molecular complexity index is 1540. The summed E-state index contributed by atoms with van der Waals surface area (Å²) < 4.78 is 13.2. The van der Waals surface area contributed by atoms with E-state index in [4.69, 9.17) is 14.6 Å². The lowest BCUT2D eigenvalue weighted by molar-refractivity contribution is -0.145. The van der Waals surface area contributed by atoms with Crippen molar-refractivity contribution in [2.75, 3.05) is 12.4 Å². The molecule has 8 heteroatoms. The fourth-order valence-electron chi connectivity index (χ4n) is 5.95. The maximum Gasteiger partial charge on any atom is 0.309 e. The number of ether oxygens (including phenoxy) is 2. The molecule has 2 aromatic heterocycles. The smallest absolute Gasteiger partial charge is 0.309 e. The minimum atomic E-state index is -0.170. The van der Waals surface area contributed by atoms with Crippen molar-refractivity contribution >= 4 is 28.4 Å². The van der Waals surface area contributed by atoms with Crippen LogP contribution in [0.4, 0.5) is 11.5 Å². The van der Waals surface area contributed by atoms with E-state index in [9.17, 15) is 10.1 Å². The highest BCUT2D eigenvalue weighted by Gasteiger charge is 2.31. The number of nitrogens with one attached hydrogen (secondary N) is 1. The first-order chi connectivity index (χ1) is 19.1. The Labute approximate surface area is 227 Å². The summed E-state index contributed by atoms with van der Waals surface area (Å²) in [7, 11) is 1.44. The van der Waals surface area contributed by atoms with Crippen LogP contribution in [0, 0.1) is 23.2 Å². The minimum absolute atomic E-state index is 0.00740. The van der Waals surface area contributed by atoms with Gasteiger partial charge in [0.15, 0.2) is 5.82 Å². The summed E-state index contributed by atoms with van der Waals surface area (Å²) in [6.45, 7) is 0.385. The number of methoxy groups -OCH3 is 1. The fraction of sp³-hybridized carbons (Fsp3) is 0.355. The van der Waals surface area contributed by atoms with Gasteiger partial charge in [-0.25, -0.2) is 4.98 Å². The van der Waals surface area contributed by atoms with Gasteiger partial charge in [0.05, 0.1) is 36.6 Å². The Kier molecular flexibility index (Phi) is 6.89. The zero-order valence-corrected chi connectivity index (χ0v) is 22.0. The Morgan fingerprint density at radius 2 is 1.92 bits per heavy atom. The molecule has 2 aliphatic carbocycles. The summed E-state index contributed by atoms with van der Waals surface area (Å²) in [6, 6.07) is 20.6. The first-order valence-corrected chi connectivity index (χ1v) is 13.5. The number of rotatable bonds is 7. The van der Waals surface area contributed by atoms with Gasteiger partial charge in [0, 0.05) is 11.9 Å². The molecule has 6 rings (SSSR count). The van der Waals surface area contributed by atoms with Crippen LogP contribution < -0.4 is 10.1 Å². The number of nitriles is 1. The normalized spacial score (nSPS) is 20.3. The number of carbonyl (C=O) groups excluding carboxylic acids is 1. The molecule has 0 saturated heterocycles. The van der Waals surface area contributed by atoms with Crippen LogP contribution in [0.2, 0.25) is 0 Å². The Balaban J connectivity index is 1.37. The summed E-state index contributed by atoms with van der Waals surface area (Å²) >= 11 is 0. The molecule has 1 saturated carbocycles. The number of hydrogen-bond donors (Lipinski definition) is 1. The van der Waals surface area contributed by atoms with Gasteiger partial charge in [-0.05, 0) is 60.6 Å². The maximum absolute atomic E-state index is 12.1. The number of nitrogens with zero attached hydrogens (tertiary/aromatic N) is 4. The van der Waals surface area contributed by atoms with Gasteiger partial charge in [-0.3, -0.25) is 9.48 Å². The van der Waals surface area contributed by atoms with E-state index in [0.29, 0.717) is 31.1 Å². The molecule has 0 aliphatic heterocycles. The second-order valence-corrected chi connectivity index (χ2v) is 10.4. The van der Waals surface area contributed by atoms with Crippen LogP contribution in [-0.4, -0.2) is 27.8 Å². The van der Waals surface area contributed by atoms with Crippen LogP contribution in [0.1, 0.15) is 48.4 Å². The van der Waals surface area contributed by atoms with Crippen LogP contribution in [0.25, 0.3) is 10.9 Å². The molecule has 0 spiro atoms. The largest absolute Gasteiger partial charge is 0.472 e. The lowest BCUT2D eigenvalue weighted by Gasteiger charge is -2.27. The molecular formula is C31H31N5O3. The van der Waals surface area contributed by atoms with Gasteiger partial charge in [-0.1, -0.05) is 49.2 Å². The minimum Gasteiger partial charge on any atom is -0.472 e. The lowest BCUT2D eigenvalue weighted by atomic mass is 9.85. The molecule has 2 heterocycles. The van der Waals surface area contributed by atoms with Crippen molar-refractivity contribution in [2.45, 2.75) is 51.2 Å². The number of fused-ring (bicyclic) bond motifs is 2. The van der Waals surface area contributed by atoms with Gasteiger partial charge in [0.1, 0.15) is 12.0 Å². The zero-order valence-electron chi connectivity index (χ0n) is 22.0. The third-order valence-corrected chi connectivity index (χ3v) is 7.95. The Morgan fingerprint density at radius 3 is 2.74 bits per heavy atom. The molecule has 8 nitrogen and oxygen atoms in total. The zero-order chi connectivity index (χ0) is 26.8. The van der Waals surface area contributed by atoms with Crippen molar-refractivity contribution in [1.29, 1.82) is 5.26 Å². The predicted octanol–water partition coefficient (Wildman–Crippen LogP) is 5.90. The van der Waals surface area contributed by atoms with Crippen LogP contribution >= 0.6 is 0 Å². The average Bonchev–Trinajstić information content (AvgIpc) is 3.58. The van der Waals surface area contributed by atoms with Crippen molar-refractivity contribution in [1.82, 2.24) is 14.8 Å². The van der Waals surface area contributed by atoms with E-state index in [-0.39, 0.29) is 23.8 Å². The van der Waals surface area contributed by atoms with Gasteiger partial charge >= 0.3 is 5.97 Å². The molecular weight excluding hydrogens is 490 g/mol. The first-order valence-electron chi connectivity index (χ1n) is 13.5. The molecule has 39 heavy (non-hydrogen) atoms. The van der Waals surface area contributed by atoms with Gasteiger partial charge in [0.25, 0.3) is 0 Å². The van der Waals surface area contributed by atoms with Gasteiger partial charge < -0.3 is 14.8 Å². The topological polar surface area (TPSA) is 102 Å². The van der Waals surface area contributed by atoms with Gasteiger partial charge in [-0.15, -0.1) is 0 Å². The Hall–Kier alpha value is -4.38. The van der Waals surface area contributed by atoms with Crippen LogP contribution in [0.5, 0.6) is 5.88 Å². The molecule has 2 aliphatic rings. The van der Waals surface area contributed by atoms with Gasteiger partial charge in [0.2, 0.25) is 5.88 Å². The van der Waals surface area contributed by atoms with E-state index in [1.807, 2.05) is 47.1 Å². The molecule has 0 radical (unpaired) electrons. The van der Waals surface area contributed by atoms with E-state index < -0.39 is 0 Å². The SMILES string of the molecule is COC(=O)C1Cc2ccc(Nc3nn([C@H]4CCCC[C@@H]4C#N)c4ccnc(OCc5ccccc5)c34)cc2C1. The van der Waals surface area contributed by atoms with Crippen molar-refractivity contribution in [2.24, 2.45) is 11.8 Å². The molecule has 1 unspecified atom stereocenters. The Morgan fingerprint density at radius 1 is 1.10 bits per heavy atom. The van der Waals surface area contributed by atoms with Crippen molar-refractivity contribution in [3.63, 3.8) is 0 Å². The molecule has 2 aromatic carbocycles. The van der Waals surface area contributed by atoms with Crippen molar-refractivity contribution in [3.05, 3.63) is 77.5 Å². The standard InChI is InChI=1S/C31H31N5O3/c1-38-31(37)24-15-21-11-12-25(17-23(21)16-24)34-29-28-27(36(35-29)26-10-6-5-9-22(26)18-32)13-14-33-30(28)39-19-20-7-3-2-4-8-20/h2-4,7-8,11-14,17,22,24,26H,5-6,9-10,15-16,19H2,1H3,(H,34,35)/t22-,24?,26+/m1/s1. The molecule has 0 bridgehead atoms. The number of hydrogen-bond acceptors (Lipinski definition) is 7. The number of pyridine rings is 1. The maximum atomic E-state index is 12.1. The van der Waals surface area contributed by atoms with Crippen molar-refractivity contribution in [3.8, 4) is 11.9 Å². The summed E-state index contributed by atoms with van der Waals surface area (Å²) in [5, 5.41) is 19.2. The molecule has 0 amide bonds. The summed E-state index contributed by atoms with van der Waals surface area (Å²) in [5.41, 5.74) is 5.13. The number of carbonyl (C=O) groups is 1. The first kappa shape index (κ1) is 24.9. The third-order valence-electron chi connectivity index (χ3n) is 7.95. The monoisotopic (exact) mass is 521 g/mol. The summed E-state index contributed by atoms with van der Waals surface area (Å²) in [5.74, 6) is 0.743. The second kappa shape index (κ2) is 10.8. The highest BCUT2D eigenvalue weighted by Crippen LogP contribution is 2.40. The molecule has 1 fully saturated rings. The molecule has 4 aromatic rings. The van der Waals surface area contributed by atoms with Gasteiger partial charge in [-0.2, -0.15) is 10.4 Å².